The Labute approximate surface area is 199 Å². The molecule has 0 unspecified atom stereocenters. The van der Waals surface area contributed by atoms with Gasteiger partial charge in [-0.15, -0.1) is 0 Å². The van der Waals surface area contributed by atoms with Crippen LogP contribution in [0, 0.1) is 0 Å². The molecule has 4 rings (SSSR count). The molecule has 0 bridgehead atoms. The molecule has 7 nitrogen and oxygen atoms in total. The summed E-state index contributed by atoms with van der Waals surface area (Å²) in [6, 6.07) is 21.9. The zero-order valence-corrected chi connectivity index (χ0v) is 19.3. The van der Waals surface area contributed by atoms with Crippen molar-refractivity contribution in [2.24, 2.45) is 0 Å². The zero-order chi connectivity index (χ0) is 23.9. The highest BCUT2D eigenvalue weighted by Crippen LogP contribution is 2.32. The van der Waals surface area contributed by atoms with Gasteiger partial charge in [0.25, 0.3) is 0 Å². The van der Waals surface area contributed by atoms with E-state index in [0.29, 0.717) is 24.6 Å². The third-order valence-corrected chi connectivity index (χ3v) is 5.78. The third-order valence-electron chi connectivity index (χ3n) is 5.78. The summed E-state index contributed by atoms with van der Waals surface area (Å²) in [7, 11) is 1.61. The van der Waals surface area contributed by atoms with E-state index in [1.54, 1.807) is 18.9 Å². The molecule has 0 radical (unpaired) electrons. The van der Waals surface area contributed by atoms with Crippen molar-refractivity contribution >= 4 is 11.8 Å². The fourth-order valence-corrected chi connectivity index (χ4v) is 3.77. The molecule has 1 atom stereocenters. The summed E-state index contributed by atoms with van der Waals surface area (Å²) in [6.07, 6.45) is 0.219. The molecule has 34 heavy (non-hydrogen) atoms. The van der Waals surface area contributed by atoms with Crippen molar-refractivity contribution in [3.8, 4) is 17.2 Å². The zero-order valence-electron chi connectivity index (χ0n) is 19.3. The van der Waals surface area contributed by atoms with Crippen LogP contribution in [0.2, 0.25) is 0 Å². The van der Waals surface area contributed by atoms with Gasteiger partial charge >= 0.3 is 0 Å². The van der Waals surface area contributed by atoms with Crippen LogP contribution in [0.4, 0.5) is 0 Å². The van der Waals surface area contributed by atoms with E-state index in [1.165, 1.54) is 0 Å². The summed E-state index contributed by atoms with van der Waals surface area (Å²) in [5.74, 6) is 1.75. The first kappa shape index (κ1) is 23.2. The predicted molar refractivity (Wildman–Crippen MR) is 128 cm³/mol. The first-order valence-corrected chi connectivity index (χ1v) is 11.2. The van der Waals surface area contributed by atoms with E-state index in [4.69, 9.17) is 14.2 Å². The molecular weight excluding hydrogens is 432 g/mol. The van der Waals surface area contributed by atoms with Gasteiger partial charge in [-0.2, -0.15) is 0 Å². The number of hydrogen-bond acceptors (Lipinski definition) is 5. The summed E-state index contributed by atoms with van der Waals surface area (Å²) in [4.78, 5) is 28.0. The Bertz CT molecular complexity index is 1130. The number of methoxy groups -OCH3 is 1. The normalized spacial score (nSPS) is 12.6. The lowest BCUT2D eigenvalue weighted by Crippen LogP contribution is -2.47. The van der Waals surface area contributed by atoms with E-state index >= 15 is 0 Å². The van der Waals surface area contributed by atoms with Gasteiger partial charge in [0.2, 0.25) is 18.6 Å². The monoisotopic (exact) mass is 460 g/mol. The van der Waals surface area contributed by atoms with Crippen LogP contribution in [0.1, 0.15) is 23.6 Å². The van der Waals surface area contributed by atoms with Crippen molar-refractivity contribution in [3.05, 3.63) is 89.5 Å². The highest BCUT2D eigenvalue weighted by Gasteiger charge is 2.26. The summed E-state index contributed by atoms with van der Waals surface area (Å²) in [5.41, 5.74) is 2.71. The van der Waals surface area contributed by atoms with Gasteiger partial charge in [0, 0.05) is 13.1 Å². The first-order valence-electron chi connectivity index (χ1n) is 11.2. The SMILES string of the molecule is COc1ccc(CN(C(=O)Cc2ccccc2)[C@H](C)C(=O)NCc2ccc3c(c2)OCO3)cc1. The Morgan fingerprint density at radius 1 is 0.941 bits per heavy atom. The molecule has 1 heterocycles. The van der Waals surface area contributed by atoms with Gasteiger partial charge in [-0.05, 0) is 47.9 Å². The molecule has 1 aliphatic heterocycles. The average Bonchev–Trinajstić information content (AvgIpc) is 3.34. The van der Waals surface area contributed by atoms with Gasteiger partial charge in [0.1, 0.15) is 11.8 Å². The fourth-order valence-electron chi connectivity index (χ4n) is 3.77. The number of nitrogens with one attached hydrogen (secondary N) is 1. The lowest BCUT2D eigenvalue weighted by molar-refractivity contribution is -0.140. The van der Waals surface area contributed by atoms with Gasteiger partial charge in [0.05, 0.1) is 13.5 Å². The summed E-state index contributed by atoms with van der Waals surface area (Å²) >= 11 is 0. The van der Waals surface area contributed by atoms with E-state index in [0.717, 1.165) is 22.4 Å². The maximum Gasteiger partial charge on any atom is 0.242 e. The summed E-state index contributed by atoms with van der Waals surface area (Å²) < 4.78 is 16.0. The minimum Gasteiger partial charge on any atom is -0.497 e. The van der Waals surface area contributed by atoms with Crippen LogP contribution in [-0.4, -0.2) is 36.7 Å². The Kier molecular flexibility index (Phi) is 7.32. The van der Waals surface area contributed by atoms with Crippen LogP contribution in [0.15, 0.2) is 72.8 Å². The van der Waals surface area contributed by atoms with Gasteiger partial charge in [-0.25, -0.2) is 0 Å². The minimum absolute atomic E-state index is 0.118. The summed E-state index contributed by atoms with van der Waals surface area (Å²) in [5, 5.41) is 2.94. The van der Waals surface area contributed by atoms with Crippen LogP contribution in [0.3, 0.4) is 0 Å². The molecule has 1 N–H and O–H groups in total. The number of amides is 2. The predicted octanol–water partition coefficient (Wildman–Crippen LogP) is 3.70. The van der Waals surface area contributed by atoms with Crippen LogP contribution < -0.4 is 19.5 Å². The van der Waals surface area contributed by atoms with Crippen molar-refractivity contribution in [1.82, 2.24) is 10.2 Å². The van der Waals surface area contributed by atoms with Crippen molar-refractivity contribution in [2.75, 3.05) is 13.9 Å². The van der Waals surface area contributed by atoms with Crippen LogP contribution in [-0.2, 0) is 29.1 Å². The van der Waals surface area contributed by atoms with Crippen molar-refractivity contribution in [2.45, 2.75) is 32.5 Å². The standard InChI is InChI=1S/C27H28N2O5/c1-19(27(31)28-16-22-10-13-24-25(14-22)34-18-33-24)29(17-21-8-11-23(32-2)12-9-21)26(30)15-20-6-4-3-5-7-20/h3-14,19H,15-18H2,1-2H3,(H,28,31)/t19-/m1/s1. The largest absolute Gasteiger partial charge is 0.497 e. The molecule has 0 spiro atoms. The quantitative estimate of drug-likeness (QED) is 0.527. The van der Waals surface area contributed by atoms with E-state index in [-0.39, 0.29) is 25.0 Å². The van der Waals surface area contributed by atoms with E-state index in [9.17, 15) is 9.59 Å². The second-order valence-corrected chi connectivity index (χ2v) is 8.11. The fraction of sp³-hybridized carbons (Fsp3) is 0.259. The number of fused-ring (bicyclic) bond motifs is 1. The maximum atomic E-state index is 13.3. The second kappa shape index (κ2) is 10.7. The Hall–Kier alpha value is -4.00. The van der Waals surface area contributed by atoms with Crippen LogP contribution in [0.25, 0.3) is 0 Å². The highest BCUT2D eigenvalue weighted by molar-refractivity contribution is 5.88. The van der Waals surface area contributed by atoms with Crippen LogP contribution >= 0.6 is 0 Å². The second-order valence-electron chi connectivity index (χ2n) is 8.11. The molecule has 1 aliphatic rings. The first-order chi connectivity index (χ1) is 16.5. The number of carbonyl (C=O) groups is 2. The molecule has 3 aromatic carbocycles. The van der Waals surface area contributed by atoms with E-state index in [1.807, 2.05) is 72.8 Å². The maximum absolute atomic E-state index is 13.3. The number of nitrogens with zero attached hydrogens (tertiary/aromatic N) is 1. The number of rotatable bonds is 9. The van der Waals surface area contributed by atoms with Crippen molar-refractivity contribution in [1.29, 1.82) is 0 Å². The molecule has 0 saturated carbocycles. The number of benzene rings is 3. The molecule has 0 aliphatic carbocycles. The Morgan fingerprint density at radius 3 is 2.38 bits per heavy atom. The molecule has 0 saturated heterocycles. The van der Waals surface area contributed by atoms with Crippen LogP contribution in [0.5, 0.6) is 17.2 Å². The third kappa shape index (κ3) is 5.67. The summed E-state index contributed by atoms with van der Waals surface area (Å²) in [6.45, 7) is 2.59. The smallest absolute Gasteiger partial charge is 0.242 e. The number of ether oxygens (including phenoxy) is 3. The van der Waals surface area contributed by atoms with Crippen molar-refractivity contribution in [3.63, 3.8) is 0 Å². The molecule has 2 amide bonds. The van der Waals surface area contributed by atoms with Crippen molar-refractivity contribution < 1.29 is 23.8 Å². The molecule has 7 heteroatoms. The lowest BCUT2D eigenvalue weighted by atomic mass is 10.1. The molecule has 0 aromatic heterocycles. The topological polar surface area (TPSA) is 77.1 Å². The van der Waals surface area contributed by atoms with Gasteiger partial charge in [0.15, 0.2) is 11.5 Å². The lowest BCUT2D eigenvalue weighted by Gasteiger charge is -2.29. The highest BCUT2D eigenvalue weighted by atomic mass is 16.7. The Morgan fingerprint density at radius 2 is 1.65 bits per heavy atom. The molecule has 3 aromatic rings. The molecule has 176 valence electrons. The minimum atomic E-state index is -0.660. The van der Waals surface area contributed by atoms with Gasteiger partial charge in [-0.1, -0.05) is 48.5 Å². The number of hydrogen-bond donors (Lipinski definition) is 1. The molecule has 0 fully saturated rings. The van der Waals surface area contributed by atoms with Gasteiger partial charge < -0.3 is 24.4 Å². The average molecular weight is 461 g/mol. The number of carbonyl (C=O) groups excluding carboxylic acids is 2. The Balaban J connectivity index is 1.46. The van der Waals surface area contributed by atoms with E-state index in [2.05, 4.69) is 5.32 Å². The van der Waals surface area contributed by atoms with Gasteiger partial charge in [-0.3, -0.25) is 9.59 Å². The molecular formula is C27H28N2O5. The van der Waals surface area contributed by atoms with E-state index < -0.39 is 6.04 Å².